The van der Waals surface area contributed by atoms with Gasteiger partial charge in [-0.3, -0.25) is 0 Å². The van der Waals surface area contributed by atoms with Crippen LogP contribution in [0.5, 0.6) is 0 Å². The van der Waals surface area contributed by atoms with E-state index in [0.717, 1.165) is 12.8 Å². The van der Waals surface area contributed by atoms with Crippen molar-refractivity contribution < 1.29 is 15.3 Å². The molecule has 0 unspecified atom stereocenters. The lowest BCUT2D eigenvalue weighted by Gasteiger charge is -2.38. The summed E-state index contributed by atoms with van der Waals surface area (Å²) in [6, 6.07) is 0.139. The standard InChI is InChI=1S/C11H23NO3/c1-2-3-4-5-9-8(7-13)11(15)10(14)6-12-9/h8-15H,2-7H2,1H3/t8-,9+,10-,11-/m0/s1. The summed E-state index contributed by atoms with van der Waals surface area (Å²) in [6.45, 7) is 2.51. The fourth-order valence-corrected chi connectivity index (χ4v) is 2.23. The van der Waals surface area contributed by atoms with Gasteiger partial charge in [-0.25, -0.2) is 0 Å². The summed E-state index contributed by atoms with van der Waals surface area (Å²) < 4.78 is 0. The van der Waals surface area contributed by atoms with Crippen molar-refractivity contribution in [3.8, 4) is 0 Å². The second kappa shape index (κ2) is 6.43. The molecule has 1 aliphatic heterocycles. The van der Waals surface area contributed by atoms with Crippen LogP contribution in [0, 0.1) is 5.92 Å². The first kappa shape index (κ1) is 12.9. The number of piperidine rings is 1. The Labute approximate surface area is 91.3 Å². The second-order valence-corrected chi connectivity index (χ2v) is 4.41. The van der Waals surface area contributed by atoms with Gasteiger partial charge in [-0.05, 0) is 6.42 Å². The highest BCUT2D eigenvalue weighted by Gasteiger charge is 2.36. The number of hydrogen-bond acceptors (Lipinski definition) is 4. The molecular weight excluding hydrogens is 194 g/mol. The molecule has 1 heterocycles. The Bertz CT molecular complexity index is 177. The summed E-state index contributed by atoms with van der Waals surface area (Å²) in [5.74, 6) is -0.231. The Morgan fingerprint density at radius 1 is 1.27 bits per heavy atom. The molecule has 0 aromatic heterocycles. The number of unbranched alkanes of at least 4 members (excludes halogenated alkanes) is 2. The van der Waals surface area contributed by atoms with Crippen molar-refractivity contribution in [3.63, 3.8) is 0 Å². The normalized spacial score (nSPS) is 36.8. The molecule has 0 aliphatic carbocycles. The molecule has 1 saturated heterocycles. The number of aliphatic hydroxyl groups excluding tert-OH is 3. The highest BCUT2D eigenvalue weighted by atomic mass is 16.3. The quantitative estimate of drug-likeness (QED) is 0.484. The first-order chi connectivity index (χ1) is 7.20. The zero-order valence-electron chi connectivity index (χ0n) is 9.39. The highest BCUT2D eigenvalue weighted by molar-refractivity contribution is 4.91. The van der Waals surface area contributed by atoms with Gasteiger partial charge in [0.1, 0.15) is 0 Å². The SMILES string of the molecule is CCCCC[C@H]1NC[C@H](O)[C@@H](O)[C@H]1CO. The highest BCUT2D eigenvalue weighted by Crippen LogP contribution is 2.21. The Hall–Kier alpha value is -0.160. The topological polar surface area (TPSA) is 72.7 Å². The summed E-state index contributed by atoms with van der Waals surface area (Å²) in [4.78, 5) is 0. The van der Waals surface area contributed by atoms with E-state index >= 15 is 0 Å². The molecule has 1 fully saturated rings. The van der Waals surface area contributed by atoms with E-state index in [1.807, 2.05) is 0 Å². The molecule has 0 bridgehead atoms. The fourth-order valence-electron chi connectivity index (χ4n) is 2.23. The lowest BCUT2D eigenvalue weighted by Crippen LogP contribution is -2.57. The van der Waals surface area contributed by atoms with Gasteiger partial charge < -0.3 is 20.6 Å². The number of rotatable bonds is 5. The third kappa shape index (κ3) is 3.41. The van der Waals surface area contributed by atoms with Gasteiger partial charge in [0, 0.05) is 25.1 Å². The van der Waals surface area contributed by atoms with Gasteiger partial charge in [0.15, 0.2) is 0 Å². The monoisotopic (exact) mass is 217 g/mol. The molecule has 4 nitrogen and oxygen atoms in total. The van der Waals surface area contributed by atoms with E-state index < -0.39 is 12.2 Å². The van der Waals surface area contributed by atoms with Gasteiger partial charge in [0.25, 0.3) is 0 Å². The van der Waals surface area contributed by atoms with Crippen LogP contribution < -0.4 is 5.32 Å². The van der Waals surface area contributed by atoms with Crippen LogP contribution in [0.4, 0.5) is 0 Å². The molecule has 90 valence electrons. The molecule has 4 N–H and O–H groups in total. The van der Waals surface area contributed by atoms with E-state index in [9.17, 15) is 15.3 Å². The summed E-state index contributed by atoms with van der Waals surface area (Å²) in [5.41, 5.74) is 0. The third-order valence-corrected chi connectivity index (χ3v) is 3.27. The largest absolute Gasteiger partial charge is 0.396 e. The number of β-amino-alcohol motifs (C(OH)–C–C–N with tert-alkyl or cyclic N) is 1. The van der Waals surface area contributed by atoms with Gasteiger partial charge >= 0.3 is 0 Å². The first-order valence-corrected chi connectivity index (χ1v) is 5.91. The minimum absolute atomic E-state index is 0.0674. The van der Waals surface area contributed by atoms with Crippen LogP contribution in [0.1, 0.15) is 32.6 Å². The zero-order valence-corrected chi connectivity index (χ0v) is 9.39. The molecule has 0 radical (unpaired) electrons. The summed E-state index contributed by atoms with van der Waals surface area (Å²) >= 11 is 0. The van der Waals surface area contributed by atoms with E-state index in [-0.39, 0.29) is 18.6 Å². The van der Waals surface area contributed by atoms with Crippen LogP contribution in [0.3, 0.4) is 0 Å². The number of hydrogen-bond donors (Lipinski definition) is 4. The van der Waals surface area contributed by atoms with Crippen LogP contribution in [0.15, 0.2) is 0 Å². The molecule has 1 aliphatic rings. The molecule has 0 spiro atoms. The lowest BCUT2D eigenvalue weighted by atomic mass is 9.84. The third-order valence-electron chi connectivity index (χ3n) is 3.27. The molecule has 4 heteroatoms. The Kier molecular flexibility index (Phi) is 5.53. The van der Waals surface area contributed by atoms with Gasteiger partial charge in [-0.2, -0.15) is 0 Å². The van der Waals surface area contributed by atoms with Crippen LogP contribution in [0.25, 0.3) is 0 Å². The Morgan fingerprint density at radius 3 is 2.60 bits per heavy atom. The molecule has 15 heavy (non-hydrogen) atoms. The molecular formula is C11H23NO3. The summed E-state index contributed by atoms with van der Waals surface area (Å²) in [7, 11) is 0. The predicted octanol–water partition coefficient (Wildman–Crippen LogP) is -0.131. The maximum atomic E-state index is 9.71. The maximum absolute atomic E-state index is 9.71. The van der Waals surface area contributed by atoms with Crippen molar-refractivity contribution >= 4 is 0 Å². The van der Waals surface area contributed by atoms with Crippen LogP contribution in [0.2, 0.25) is 0 Å². The molecule has 0 saturated carbocycles. The minimum atomic E-state index is -0.789. The van der Waals surface area contributed by atoms with Crippen molar-refractivity contribution in [3.05, 3.63) is 0 Å². The van der Waals surface area contributed by atoms with Gasteiger partial charge in [0.05, 0.1) is 12.2 Å². The average Bonchev–Trinajstić information content (AvgIpc) is 2.24. The van der Waals surface area contributed by atoms with Crippen LogP contribution in [-0.2, 0) is 0 Å². The van der Waals surface area contributed by atoms with E-state index in [4.69, 9.17) is 0 Å². The molecule has 1 rings (SSSR count). The van der Waals surface area contributed by atoms with Gasteiger partial charge in [-0.1, -0.05) is 26.2 Å². The minimum Gasteiger partial charge on any atom is -0.396 e. The van der Waals surface area contributed by atoms with E-state index in [1.165, 1.54) is 12.8 Å². The smallest absolute Gasteiger partial charge is 0.0927 e. The first-order valence-electron chi connectivity index (χ1n) is 5.91. The van der Waals surface area contributed by atoms with Crippen molar-refractivity contribution in [2.24, 2.45) is 5.92 Å². The molecule has 0 amide bonds. The van der Waals surface area contributed by atoms with E-state index in [2.05, 4.69) is 12.2 Å². The second-order valence-electron chi connectivity index (χ2n) is 4.41. The molecule has 0 aromatic rings. The van der Waals surface area contributed by atoms with Crippen molar-refractivity contribution in [1.29, 1.82) is 0 Å². The van der Waals surface area contributed by atoms with Crippen molar-refractivity contribution in [2.75, 3.05) is 13.2 Å². The van der Waals surface area contributed by atoms with E-state index in [1.54, 1.807) is 0 Å². The maximum Gasteiger partial charge on any atom is 0.0927 e. The van der Waals surface area contributed by atoms with Gasteiger partial charge in [-0.15, -0.1) is 0 Å². The zero-order chi connectivity index (χ0) is 11.3. The number of aliphatic hydroxyl groups is 3. The Balaban J connectivity index is 2.41. The lowest BCUT2D eigenvalue weighted by molar-refractivity contribution is -0.0679. The number of nitrogens with one attached hydrogen (secondary N) is 1. The average molecular weight is 217 g/mol. The van der Waals surface area contributed by atoms with Crippen molar-refractivity contribution in [1.82, 2.24) is 5.32 Å². The Morgan fingerprint density at radius 2 is 2.00 bits per heavy atom. The fraction of sp³-hybridized carbons (Fsp3) is 1.00. The summed E-state index contributed by atoms with van der Waals surface area (Å²) in [6.07, 6.45) is 2.87. The summed E-state index contributed by atoms with van der Waals surface area (Å²) in [5, 5.41) is 31.5. The van der Waals surface area contributed by atoms with E-state index in [0.29, 0.717) is 6.54 Å². The van der Waals surface area contributed by atoms with Gasteiger partial charge in [0.2, 0.25) is 0 Å². The van der Waals surface area contributed by atoms with Crippen LogP contribution >= 0.6 is 0 Å². The molecule has 0 aromatic carbocycles. The predicted molar refractivity (Wildman–Crippen MR) is 58.5 cm³/mol. The van der Waals surface area contributed by atoms with Crippen molar-refractivity contribution in [2.45, 2.75) is 50.9 Å². The molecule has 4 atom stereocenters. The van der Waals surface area contributed by atoms with Crippen LogP contribution in [-0.4, -0.2) is 46.7 Å².